The molecule has 0 fully saturated rings. The zero-order valence-corrected chi connectivity index (χ0v) is 23.9. The van der Waals surface area contributed by atoms with Gasteiger partial charge in [0.15, 0.2) is 0 Å². The van der Waals surface area contributed by atoms with Crippen molar-refractivity contribution < 1.29 is 0 Å². The quantitative estimate of drug-likeness (QED) is 0.262. The van der Waals surface area contributed by atoms with Crippen LogP contribution in [0.5, 0.6) is 0 Å². The highest BCUT2D eigenvalue weighted by Gasteiger charge is 2.40. The SMILES string of the molecule is C/C(=N\Cc1ccc(C(C2=CC=CCC=C2)(C2=CC=C(C(C)C)C=CC2)c2ccccc2)cc1)c1ccccc1. The van der Waals surface area contributed by atoms with Gasteiger partial charge in [-0.15, -0.1) is 0 Å². The maximum Gasteiger partial charge on any atom is 0.0667 e. The topological polar surface area (TPSA) is 12.4 Å². The van der Waals surface area contributed by atoms with Crippen molar-refractivity contribution in [3.63, 3.8) is 0 Å². The zero-order chi connectivity index (χ0) is 27.8. The molecule has 200 valence electrons. The van der Waals surface area contributed by atoms with Crippen LogP contribution >= 0.6 is 0 Å². The third-order valence-electron chi connectivity index (χ3n) is 7.97. The number of hydrogen-bond acceptors (Lipinski definition) is 1. The molecule has 40 heavy (non-hydrogen) atoms. The first kappa shape index (κ1) is 27.3. The summed E-state index contributed by atoms with van der Waals surface area (Å²) in [5.41, 5.74) is 9.62. The molecule has 1 nitrogen and oxygen atoms in total. The first-order valence-corrected chi connectivity index (χ1v) is 14.4. The molecule has 0 spiro atoms. The maximum absolute atomic E-state index is 4.90. The molecule has 3 aromatic carbocycles. The minimum atomic E-state index is -0.415. The molecule has 2 aliphatic carbocycles. The van der Waals surface area contributed by atoms with Crippen molar-refractivity contribution in [1.82, 2.24) is 0 Å². The van der Waals surface area contributed by atoms with E-state index in [2.05, 4.69) is 154 Å². The Morgan fingerprint density at radius 2 is 1.45 bits per heavy atom. The minimum absolute atomic E-state index is 0.415. The first-order chi connectivity index (χ1) is 19.6. The van der Waals surface area contributed by atoms with E-state index in [1.165, 1.54) is 39.0 Å². The summed E-state index contributed by atoms with van der Waals surface area (Å²) >= 11 is 0. The molecule has 1 heteroatoms. The Morgan fingerprint density at radius 1 is 0.750 bits per heavy atom. The molecule has 2 aliphatic rings. The fourth-order valence-corrected chi connectivity index (χ4v) is 5.72. The average Bonchev–Trinajstić information content (AvgIpc) is 3.43. The molecule has 0 aliphatic heterocycles. The maximum atomic E-state index is 4.90. The van der Waals surface area contributed by atoms with E-state index in [1.54, 1.807) is 0 Å². The highest BCUT2D eigenvalue weighted by atomic mass is 14.7. The molecule has 0 bridgehead atoms. The number of rotatable bonds is 8. The van der Waals surface area contributed by atoms with Crippen molar-refractivity contribution in [1.29, 1.82) is 0 Å². The molecule has 0 N–H and O–H groups in total. The van der Waals surface area contributed by atoms with Crippen molar-refractivity contribution in [3.05, 3.63) is 179 Å². The van der Waals surface area contributed by atoms with Gasteiger partial charge in [-0.2, -0.15) is 0 Å². The molecule has 0 aromatic heterocycles. The van der Waals surface area contributed by atoms with Crippen molar-refractivity contribution >= 4 is 5.71 Å². The van der Waals surface area contributed by atoms with Gasteiger partial charge in [0, 0.05) is 5.71 Å². The van der Waals surface area contributed by atoms with Crippen LogP contribution in [0.4, 0.5) is 0 Å². The van der Waals surface area contributed by atoms with Gasteiger partial charge in [0.05, 0.1) is 12.0 Å². The van der Waals surface area contributed by atoms with Gasteiger partial charge >= 0.3 is 0 Å². The Morgan fingerprint density at radius 3 is 2.17 bits per heavy atom. The largest absolute Gasteiger partial charge is 0.285 e. The second kappa shape index (κ2) is 12.7. The van der Waals surface area contributed by atoms with Gasteiger partial charge in [0.1, 0.15) is 0 Å². The van der Waals surface area contributed by atoms with Crippen LogP contribution < -0.4 is 0 Å². The van der Waals surface area contributed by atoms with Crippen molar-refractivity contribution in [3.8, 4) is 0 Å². The summed E-state index contributed by atoms with van der Waals surface area (Å²) < 4.78 is 0. The summed E-state index contributed by atoms with van der Waals surface area (Å²) in [6.07, 6.45) is 22.5. The van der Waals surface area contributed by atoms with Crippen LogP contribution in [0.1, 0.15) is 55.9 Å². The Labute approximate surface area is 240 Å². The highest BCUT2D eigenvalue weighted by Crippen LogP contribution is 2.48. The second-order valence-corrected chi connectivity index (χ2v) is 10.9. The fourth-order valence-electron chi connectivity index (χ4n) is 5.72. The Kier molecular flexibility index (Phi) is 8.71. The van der Waals surface area contributed by atoms with Crippen molar-refractivity contribution in [2.45, 2.75) is 45.6 Å². The standard InChI is InChI=1S/C39H39N/c1-30(2)33-17-14-22-37(28-25-33)39(36-20-12-7-13-21-36,35-18-10-4-5-11-19-35)38-26-23-32(24-27-38)29-40-31(3)34-15-8-6-9-16-34/h4,6-21,23-28,30H,5,22,29H2,1-3H3/b40-31+. The summed E-state index contributed by atoms with van der Waals surface area (Å²) in [7, 11) is 0. The molecule has 0 saturated heterocycles. The van der Waals surface area contributed by atoms with Gasteiger partial charge in [-0.1, -0.05) is 153 Å². The Balaban J connectivity index is 1.64. The predicted molar refractivity (Wildman–Crippen MR) is 172 cm³/mol. The third-order valence-corrected chi connectivity index (χ3v) is 7.97. The van der Waals surface area contributed by atoms with Crippen LogP contribution in [0.15, 0.2) is 161 Å². The smallest absolute Gasteiger partial charge is 0.0667 e. The average molecular weight is 522 g/mol. The van der Waals surface area contributed by atoms with E-state index in [0.717, 1.165) is 18.6 Å². The van der Waals surface area contributed by atoms with Crippen LogP contribution in [0.25, 0.3) is 0 Å². The van der Waals surface area contributed by atoms with E-state index in [4.69, 9.17) is 4.99 Å². The van der Waals surface area contributed by atoms with Gasteiger partial charge in [-0.25, -0.2) is 0 Å². The van der Waals surface area contributed by atoms with E-state index in [0.29, 0.717) is 12.5 Å². The summed E-state index contributed by atoms with van der Waals surface area (Å²) in [6.45, 7) is 7.28. The number of benzene rings is 3. The summed E-state index contributed by atoms with van der Waals surface area (Å²) in [6, 6.07) is 30.6. The van der Waals surface area contributed by atoms with E-state index < -0.39 is 5.41 Å². The third kappa shape index (κ3) is 5.84. The van der Waals surface area contributed by atoms with Crippen LogP contribution in [0, 0.1) is 5.92 Å². The molecular formula is C39H39N. The van der Waals surface area contributed by atoms with Crippen LogP contribution in [0.2, 0.25) is 0 Å². The molecule has 5 rings (SSSR count). The second-order valence-electron chi connectivity index (χ2n) is 10.9. The molecule has 0 saturated carbocycles. The summed E-state index contributed by atoms with van der Waals surface area (Å²) in [4.78, 5) is 4.90. The Hall–Kier alpha value is -4.23. The molecule has 1 atom stereocenters. The number of nitrogens with zero attached hydrogens (tertiary/aromatic N) is 1. The molecule has 0 amide bonds. The lowest BCUT2D eigenvalue weighted by atomic mass is 9.63. The van der Waals surface area contributed by atoms with E-state index >= 15 is 0 Å². The summed E-state index contributed by atoms with van der Waals surface area (Å²) in [5.74, 6) is 0.483. The summed E-state index contributed by atoms with van der Waals surface area (Å²) in [5, 5.41) is 0. The van der Waals surface area contributed by atoms with E-state index in [9.17, 15) is 0 Å². The van der Waals surface area contributed by atoms with Gasteiger partial charge in [-0.05, 0) is 64.7 Å². The molecule has 0 radical (unpaired) electrons. The molecule has 1 unspecified atom stereocenters. The van der Waals surface area contributed by atoms with Crippen LogP contribution in [0.3, 0.4) is 0 Å². The highest BCUT2D eigenvalue weighted by molar-refractivity contribution is 5.98. The van der Waals surface area contributed by atoms with Gasteiger partial charge in [-0.3, -0.25) is 4.99 Å². The monoisotopic (exact) mass is 521 g/mol. The lowest BCUT2D eigenvalue weighted by Gasteiger charge is -2.39. The van der Waals surface area contributed by atoms with Gasteiger partial charge in [0.25, 0.3) is 0 Å². The van der Waals surface area contributed by atoms with Gasteiger partial charge in [0.2, 0.25) is 0 Å². The Bertz CT molecular complexity index is 1510. The van der Waals surface area contributed by atoms with Crippen molar-refractivity contribution in [2.75, 3.05) is 0 Å². The first-order valence-electron chi connectivity index (χ1n) is 14.4. The lowest BCUT2D eigenvalue weighted by Crippen LogP contribution is -2.32. The molecular weight excluding hydrogens is 482 g/mol. The number of aliphatic imine (C=N–C) groups is 1. The number of allylic oxidation sites excluding steroid dienone is 12. The lowest BCUT2D eigenvalue weighted by molar-refractivity contribution is 0.705. The molecule has 0 heterocycles. The van der Waals surface area contributed by atoms with E-state index in [1.807, 2.05) is 6.07 Å². The van der Waals surface area contributed by atoms with E-state index in [-0.39, 0.29) is 0 Å². The van der Waals surface area contributed by atoms with Gasteiger partial charge < -0.3 is 0 Å². The predicted octanol–water partition coefficient (Wildman–Crippen LogP) is 9.89. The molecule has 3 aromatic rings. The zero-order valence-electron chi connectivity index (χ0n) is 23.9. The fraction of sp³-hybridized carbons (Fsp3) is 0.205. The minimum Gasteiger partial charge on any atom is -0.285 e. The van der Waals surface area contributed by atoms with Crippen LogP contribution in [-0.4, -0.2) is 5.71 Å². The van der Waals surface area contributed by atoms with Crippen LogP contribution in [-0.2, 0) is 12.0 Å². The van der Waals surface area contributed by atoms with Crippen molar-refractivity contribution in [2.24, 2.45) is 10.9 Å². The number of hydrogen-bond donors (Lipinski definition) is 0. The normalized spacial score (nSPS) is 17.0.